The molecule has 1 atom stereocenters. The van der Waals surface area contributed by atoms with Crippen molar-refractivity contribution in [3.8, 4) is 0 Å². The topological polar surface area (TPSA) is 54.0 Å². The van der Waals surface area contributed by atoms with Gasteiger partial charge >= 0.3 is 0 Å². The smallest absolute Gasteiger partial charge is 0.226 e. The number of amides is 1. The number of rotatable bonds is 6. The van der Waals surface area contributed by atoms with Gasteiger partial charge in [-0.3, -0.25) is 4.79 Å². The van der Waals surface area contributed by atoms with E-state index in [0.717, 1.165) is 35.9 Å². The standard InChI is InChI=1S/C18H22FN3OS/c19-15-5-3-13(4-6-15)8-18-22-16(12-24-18)9-17(23)21-11-14-2-1-7-20-10-14/h3-6,12,14,20H,1-2,7-11H2,(H,21,23). The Morgan fingerprint density at radius 2 is 2.21 bits per heavy atom. The van der Waals surface area contributed by atoms with Crippen LogP contribution >= 0.6 is 11.3 Å². The monoisotopic (exact) mass is 347 g/mol. The molecule has 2 aromatic rings. The average molecular weight is 347 g/mol. The van der Waals surface area contributed by atoms with Crippen LogP contribution in [0.5, 0.6) is 0 Å². The maximum Gasteiger partial charge on any atom is 0.226 e. The van der Waals surface area contributed by atoms with Gasteiger partial charge in [-0.25, -0.2) is 9.37 Å². The fourth-order valence-corrected chi connectivity index (χ4v) is 3.70. The lowest BCUT2D eigenvalue weighted by Crippen LogP contribution is -2.38. The lowest BCUT2D eigenvalue weighted by Gasteiger charge is -2.22. The van der Waals surface area contributed by atoms with E-state index in [4.69, 9.17) is 0 Å². The number of hydrogen-bond acceptors (Lipinski definition) is 4. The van der Waals surface area contributed by atoms with Crippen molar-refractivity contribution in [2.24, 2.45) is 5.92 Å². The van der Waals surface area contributed by atoms with Gasteiger partial charge in [-0.1, -0.05) is 12.1 Å². The molecule has 1 fully saturated rings. The molecule has 0 bridgehead atoms. The van der Waals surface area contributed by atoms with Crippen molar-refractivity contribution >= 4 is 17.2 Å². The Balaban J connectivity index is 1.46. The molecule has 1 unspecified atom stereocenters. The van der Waals surface area contributed by atoms with Gasteiger partial charge in [0.25, 0.3) is 0 Å². The van der Waals surface area contributed by atoms with Gasteiger partial charge in [0.15, 0.2) is 0 Å². The predicted molar refractivity (Wildman–Crippen MR) is 93.6 cm³/mol. The molecule has 1 aliphatic rings. The van der Waals surface area contributed by atoms with Crippen LogP contribution < -0.4 is 10.6 Å². The minimum Gasteiger partial charge on any atom is -0.355 e. The molecule has 1 saturated heterocycles. The fourth-order valence-electron chi connectivity index (χ4n) is 2.87. The molecular formula is C18H22FN3OS. The second-order valence-electron chi connectivity index (χ2n) is 6.23. The first-order valence-electron chi connectivity index (χ1n) is 8.34. The number of halogens is 1. The lowest BCUT2D eigenvalue weighted by atomic mass is 10.00. The molecule has 2 heterocycles. The molecule has 0 aliphatic carbocycles. The number of hydrogen-bond donors (Lipinski definition) is 2. The minimum absolute atomic E-state index is 0.0270. The van der Waals surface area contributed by atoms with Gasteiger partial charge in [0.1, 0.15) is 5.82 Å². The Labute approximate surface area is 145 Å². The highest BCUT2D eigenvalue weighted by molar-refractivity contribution is 7.09. The van der Waals surface area contributed by atoms with Gasteiger partial charge in [0.2, 0.25) is 5.91 Å². The van der Waals surface area contributed by atoms with E-state index in [1.807, 2.05) is 5.38 Å². The first kappa shape index (κ1) is 17.0. The summed E-state index contributed by atoms with van der Waals surface area (Å²) in [6, 6.07) is 6.44. The van der Waals surface area contributed by atoms with E-state index in [-0.39, 0.29) is 11.7 Å². The Morgan fingerprint density at radius 3 is 2.96 bits per heavy atom. The van der Waals surface area contributed by atoms with Crippen molar-refractivity contribution in [2.75, 3.05) is 19.6 Å². The number of carbonyl (C=O) groups is 1. The van der Waals surface area contributed by atoms with Gasteiger partial charge in [0, 0.05) is 18.3 Å². The predicted octanol–water partition coefficient (Wildman–Crippen LogP) is 2.53. The number of thiazole rings is 1. The summed E-state index contributed by atoms with van der Waals surface area (Å²) in [6.45, 7) is 2.80. The minimum atomic E-state index is -0.233. The number of aromatic nitrogens is 1. The number of nitrogens with zero attached hydrogens (tertiary/aromatic N) is 1. The highest BCUT2D eigenvalue weighted by atomic mass is 32.1. The maximum absolute atomic E-state index is 12.9. The zero-order chi connectivity index (χ0) is 16.8. The molecule has 2 N–H and O–H groups in total. The van der Waals surface area contributed by atoms with E-state index in [2.05, 4.69) is 15.6 Å². The van der Waals surface area contributed by atoms with Crippen LogP contribution in [0.15, 0.2) is 29.6 Å². The van der Waals surface area contributed by atoms with Crippen molar-refractivity contribution in [3.05, 3.63) is 51.7 Å². The van der Waals surface area contributed by atoms with E-state index in [0.29, 0.717) is 18.8 Å². The molecule has 1 aromatic carbocycles. The quantitative estimate of drug-likeness (QED) is 0.844. The summed E-state index contributed by atoms with van der Waals surface area (Å²) in [6.07, 6.45) is 3.34. The van der Waals surface area contributed by atoms with Crippen LogP contribution in [-0.2, 0) is 17.6 Å². The Morgan fingerprint density at radius 1 is 1.38 bits per heavy atom. The van der Waals surface area contributed by atoms with Crippen LogP contribution in [0.4, 0.5) is 4.39 Å². The molecule has 1 amide bonds. The van der Waals surface area contributed by atoms with Gasteiger partial charge < -0.3 is 10.6 Å². The molecule has 0 saturated carbocycles. The van der Waals surface area contributed by atoms with E-state index < -0.39 is 0 Å². The molecule has 128 valence electrons. The van der Waals surface area contributed by atoms with Crippen molar-refractivity contribution < 1.29 is 9.18 Å². The zero-order valence-corrected chi connectivity index (χ0v) is 14.4. The van der Waals surface area contributed by atoms with E-state index in [9.17, 15) is 9.18 Å². The van der Waals surface area contributed by atoms with Crippen molar-refractivity contribution in [3.63, 3.8) is 0 Å². The van der Waals surface area contributed by atoms with Crippen LogP contribution in [0.2, 0.25) is 0 Å². The van der Waals surface area contributed by atoms with Crippen LogP contribution in [-0.4, -0.2) is 30.5 Å². The SMILES string of the molecule is O=C(Cc1csc(Cc2ccc(F)cc2)n1)NCC1CCCNC1. The van der Waals surface area contributed by atoms with Crippen LogP contribution in [0.3, 0.4) is 0 Å². The van der Waals surface area contributed by atoms with Gasteiger partial charge in [-0.15, -0.1) is 11.3 Å². The fraction of sp³-hybridized carbons (Fsp3) is 0.444. The van der Waals surface area contributed by atoms with Gasteiger partial charge in [-0.2, -0.15) is 0 Å². The lowest BCUT2D eigenvalue weighted by molar-refractivity contribution is -0.120. The Kier molecular flexibility index (Phi) is 5.93. The number of benzene rings is 1. The summed E-state index contributed by atoms with van der Waals surface area (Å²) in [4.78, 5) is 16.6. The Bertz CT molecular complexity index is 665. The second kappa shape index (κ2) is 8.35. The van der Waals surface area contributed by atoms with E-state index in [1.54, 1.807) is 23.5 Å². The third-order valence-corrected chi connectivity index (χ3v) is 5.09. The first-order valence-corrected chi connectivity index (χ1v) is 9.22. The van der Waals surface area contributed by atoms with Crippen molar-refractivity contribution in [2.45, 2.75) is 25.7 Å². The average Bonchev–Trinajstić information content (AvgIpc) is 3.03. The summed E-state index contributed by atoms with van der Waals surface area (Å²) in [7, 11) is 0. The zero-order valence-electron chi connectivity index (χ0n) is 13.6. The van der Waals surface area contributed by atoms with Crippen molar-refractivity contribution in [1.29, 1.82) is 0 Å². The highest BCUT2D eigenvalue weighted by Gasteiger charge is 2.14. The molecular weight excluding hydrogens is 325 g/mol. The number of nitrogens with one attached hydrogen (secondary N) is 2. The summed E-state index contributed by atoms with van der Waals surface area (Å²) < 4.78 is 12.9. The summed E-state index contributed by atoms with van der Waals surface area (Å²) in [5, 5.41) is 9.24. The van der Waals surface area contributed by atoms with Crippen LogP contribution in [0.25, 0.3) is 0 Å². The normalized spacial score (nSPS) is 17.6. The second-order valence-corrected chi connectivity index (χ2v) is 7.17. The van der Waals surface area contributed by atoms with Gasteiger partial charge in [0.05, 0.1) is 17.1 Å². The molecule has 4 nitrogen and oxygen atoms in total. The third-order valence-electron chi connectivity index (χ3n) is 4.20. The molecule has 0 spiro atoms. The van der Waals surface area contributed by atoms with E-state index >= 15 is 0 Å². The summed E-state index contributed by atoms with van der Waals surface area (Å²) in [5.74, 6) is 0.329. The van der Waals surface area contributed by atoms with Crippen LogP contribution in [0, 0.1) is 11.7 Å². The molecule has 3 rings (SSSR count). The number of carbonyl (C=O) groups excluding carboxylic acids is 1. The largest absolute Gasteiger partial charge is 0.355 e. The molecule has 24 heavy (non-hydrogen) atoms. The molecule has 1 aromatic heterocycles. The summed E-state index contributed by atoms with van der Waals surface area (Å²) >= 11 is 1.54. The van der Waals surface area contributed by atoms with Crippen LogP contribution in [0.1, 0.15) is 29.1 Å². The molecule has 6 heteroatoms. The number of piperidine rings is 1. The molecule has 1 aliphatic heterocycles. The highest BCUT2D eigenvalue weighted by Crippen LogP contribution is 2.16. The maximum atomic E-state index is 12.9. The van der Waals surface area contributed by atoms with Crippen molar-refractivity contribution in [1.82, 2.24) is 15.6 Å². The van der Waals surface area contributed by atoms with Gasteiger partial charge in [-0.05, 0) is 49.5 Å². The Hall–Kier alpha value is -1.79. The van der Waals surface area contributed by atoms with E-state index in [1.165, 1.54) is 25.0 Å². The molecule has 0 radical (unpaired) electrons. The summed E-state index contributed by atoms with van der Waals surface area (Å²) in [5.41, 5.74) is 1.82. The first-order chi connectivity index (χ1) is 11.7. The third kappa shape index (κ3) is 5.11.